The molecule has 0 aliphatic carbocycles. The summed E-state index contributed by atoms with van der Waals surface area (Å²) in [7, 11) is 0. The zero-order chi connectivity index (χ0) is 10.5. The summed E-state index contributed by atoms with van der Waals surface area (Å²) in [6, 6.07) is 4.08. The van der Waals surface area contributed by atoms with E-state index in [2.05, 4.69) is 21.6 Å². The smallest absolute Gasteiger partial charge is 0.0794 e. The molecule has 5 heteroatoms. The molecule has 0 bridgehead atoms. The van der Waals surface area contributed by atoms with E-state index < -0.39 is 0 Å². The maximum absolute atomic E-state index is 8.66. The Kier molecular flexibility index (Phi) is 3.49. The fourth-order valence-corrected chi connectivity index (χ4v) is 2.14. The van der Waals surface area contributed by atoms with Gasteiger partial charge < -0.3 is 10.4 Å². The topological polar surface area (TPSA) is 60.9 Å². The summed E-state index contributed by atoms with van der Waals surface area (Å²) in [5, 5.41) is 20.9. The van der Waals surface area contributed by atoms with Gasteiger partial charge in [0.05, 0.1) is 23.4 Å². The highest BCUT2D eigenvalue weighted by Gasteiger charge is 2.07. The number of H-pyrrole nitrogens is 1. The Morgan fingerprint density at radius 1 is 1.53 bits per heavy atom. The molecule has 0 spiro atoms. The minimum atomic E-state index is 0.159. The highest BCUT2D eigenvalue weighted by atomic mass is 32.1. The summed E-state index contributed by atoms with van der Waals surface area (Å²) in [6.07, 6.45) is 1.82. The molecule has 0 amide bonds. The summed E-state index contributed by atoms with van der Waals surface area (Å²) in [4.78, 5) is 1.19. The Balaban J connectivity index is 2.09. The summed E-state index contributed by atoms with van der Waals surface area (Å²) in [5.41, 5.74) is 2.20. The summed E-state index contributed by atoms with van der Waals surface area (Å²) < 4.78 is 0. The summed E-state index contributed by atoms with van der Waals surface area (Å²) in [6.45, 7) is 1.49. The van der Waals surface area contributed by atoms with E-state index in [4.69, 9.17) is 5.11 Å². The highest BCUT2D eigenvalue weighted by molar-refractivity contribution is 7.13. The second kappa shape index (κ2) is 5.06. The van der Waals surface area contributed by atoms with Crippen molar-refractivity contribution in [1.29, 1.82) is 0 Å². The average molecular weight is 223 g/mol. The molecular weight excluding hydrogens is 210 g/mol. The van der Waals surface area contributed by atoms with Gasteiger partial charge in [-0.15, -0.1) is 11.3 Å². The van der Waals surface area contributed by atoms with E-state index >= 15 is 0 Å². The van der Waals surface area contributed by atoms with Crippen molar-refractivity contribution < 1.29 is 5.11 Å². The molecule has 2 aromatic heterocycles. The third-order valence-corrected chi connectivity index (χ3v) is 2.98. The molecule has 2 rings (SSSR count). The molecule has 0 saturated carbocycles. The van der Waals surface area contributed by atoms with Crippen molar-refractivity contribution in [2.24, 2.45) is 0 Å². The molecule has 2 heterocycles. The van der Waals surface area contributed by atoms with Crippen molar-refractivity contribution in [1.82, 2.24) is 15.5 Å². The Bertz CT molecular complexity index is 396. The van der Waals surface area contributed by atoms with E-state index in [0.29, 0.717) is 6.54 Å². The number of hydrogen-bond acceptors (Lipinski definition) is 4. The van der Waals surface area contributed by atoms with E-state index in [9.17, 15) is 0 Å². The van der Waals surface area contributed by atoms with E-state index in [1.165, 1.54) is 4.88 Å². The predicted octanol–water partition coefficient (Wildman–Crippen LogP) is 1.22. The number of nitrogens with one attached hydrogen (secondary N) is 2. The largest absolute Gasteiger partial charge is 0.395 e. The number of hydrogen-bond donors (Lipinski definition) is 3. The van der Waals surface area contributed by atoms with Crippen LogP contribution in [0.15, 0.2) is 23.7 Å². The van der Waals surface area contributed by atoms with Crippen LogP contribution in [0.4, 0.5) is 0 Å². The maximum atomic E-state index is 8.66. The molecule has 0 fully saturated rings. The van der Waals surface area contributed by atoms with Crippen LogP contribution in [0.25, 0.3) is 10.6 Å². The van der Waals surface area contributed by atoms with Crippen molar-refractivity contribution in [3.8, 4) is 10.6 Å². The molecule has 0 unspecified atom stereocenters. The van der Waals surface area contributed by atoms with Gasteiger partial charge in [0.1, 0.15) is 0 Å². The third kappa shape index (κ3) is 2.44. The normalized spacial score (nSPS) is 10.7. The molecule has 0 aromatic carbocycles. The monoisotopic (exact) mass is 223 g/mol. The zero-order valence-electron chi connectivity index (χ0n) is 8.23. The molecule has 4 nitrogen and oxygen atoms in total. The summed E-state index contributed by atoms with van der Waals surface area (Å²) in [5.74, 6) is 0. The van der Waals surface area contributed by atoms with Crippen LogP contribution < -0.4 is 5.32 Å². The van der Waals surface area contributed by atoms with Crippen LogP contribution in [0.3, 0.4) is 0 Å². The first-order valence-corrected chi connectivity index (χ1v) is 5.67. The quantitative estimate of drug-likeness (QED) is 0.668. The fraction of sp³-hybridized carbons (Fsp3) is 0.300. The number of rotatable bonds is 5. The number of nitrogens with zero attached hydrogens (tertiary/aromatic N) is 1. The van der Waals surface area contributed by atoms with Crippen LogP contribution in [-0.2, 0) is 6.54 Å². The minimum absolute atomic E-state index is 0.159. The van der Waals surface area contributed by atoms with Gasteiger partial charge >= 0.3 is 0 Å². The number of aliphatic hydroxyl groups excluding tert-OH is 1. The van der Waals surface area contributed by atoms with Gasteiger partial charge in [0, 0.05) is 18.7 Å². The van der Waals surface area contributed by atoms with Crippen LogP contribution in [0.2, 0.25) is 0 Å². The average Bonchev–Trinajstić information content (AvgIpc) is 2.87. The number of aliphatic hydroxyl groups is 1. The number of aromatic amines is 1. The van der Waals surface area contributed by atoms with Gasteiger partial charge in [-0.1, -0.05) is 6.07 Å². The minimum Gasteiger partial charge on any atom is -0.395 e. The number of thiophene rings is 1. The van der Waals surface area contributed by atoms with Gasteiger partial charge in [-0.25, -0.2) is 0 Å². The van der Waals surface area contributed by atoms with Crippen LogP contribution in [0, 0.1) is 0 Å². The lowest BCUT2D eigenvalue weighted by Crippen LogP contribution is -2.17. The Hall–Kier alpha value is -1.17. The fourth-order valence-electron chi connectivity index (χ4n) is 1.38. The molecule has 0 saturated heterocycles. The molecule has 0 aliphatic heterocycles. The van der Waals surface area contributed by atoms with Crippen LogP contribution in [0.5, 0.6) is 0 Å². The maximum Gasteiger partial charge on any atom is 0.0794 e. The number of aromatic nitrogens is 2. The summed E-state index contributed by atoms with van der Waals surface area (Å²) >= 11 is 1.69. The first-order chi connectivity index (χ1) is 7.42. The van der Waals surface area contributed by atoms with Gasteiger partial charge in [0.2, 0.25) is 0 Å². The SMILES string of the molecule is OCCNCc1cn[nH]c1-c1cccs1. The molecule has 80 valence electrons. The first-order valence-electron chi connectivity index (χ1n) is 4.79. The lowest BCUT2D eigenvalue weighted by Gasteiger charge is -2.02. The van der Waals surface area contributed by atoms with Gasteiger partial charge in [-0.3, -0.25) is 5.10 Å². The molecule has 3 N–H and O–H groups in total. The second-order valence-corrected chi connectivity index (χ2v) is 4.10. The van der Waals surface area contributed by atoms with E-state index in [0.717, 1.165) is 17.8 Å². The van der Waals surface area contributed by atoms with Crippen molar-refractivity contribution in [3.63, 3.8) is 0 Å². The Labute approximate surface area is 92.0 Å². The lowest BCUT2D eigenvalue weighted by atomic mass is 10.2. The predicted molar refractivity (Wildman–Crippen MR) is 60.7 cm³/mol. The molecular formula is C10H13N3OS. The molecule has 15 heavy (non-hydrogen) atoms. The molecule has 0 aliphatic rings. The van der Waals surface area contributed by atoms with Gasteiger partial charge in [0.15, 0.2) is 0 Å². The van der Waals surface area contributed by atoms with Crippen molar-refractivity contribution in [3.05, 3.63) is 29.3 Å². The third-order valence-electron chi connectivity index (χ3n) is 2.09. The van der Waals surface area contributed by atoms with Crippen molar-refractivity contribution in [2.45, 2.75) is 6.54 Å². The van der Waals surface area contributed by atoms with Gasteiger partial charge in [0.25, 0.3) is 0 Å². The lowest BCUT2D eigenvalue weighted by molar-refractivity contribution is 0.292. The highest BCUT2D eigenvalue weighted by Crippen LogP contribution is 2.25. The Morgan fingerprint density at radius 3 is 3.20 bits per heavy atom. The first kappa shape index (κ1) is 10.4. The van der Waals surface area contributed by atoms with Crippen LogP contribution in [0.1, 0.15) is 5.56 Å². The van der Waals surface area contributed by atoms with E-state index in [-0.39, 0.29) is 6.61 Å². The second-order valence-electron chi connectivity index (χ2n) is 3.15. The van der Waals surface area contributed by atoms with E-state index in [1.807, 2.05) is 17.6 Å². The standard InChI is InChI=1S/C10H13N3OS/c14-4-3-11-6-8-7-12-13-10(8)9-2-1-5-15-9/h1-2,5,7,11,14H,3-4,6H2,(H,12,13). The Morgan fingerprint density at radius 2 is 2.47 bits per heavy atom. The molecule has 0 atom stereocenters. The van der Waals surface area contributed by atoms with Gasteiger partial charge in [-0.2, -0.15) is 5.10 Å². The molecule has 0 radical (unpaired) electrons. The van der Waals surface area contributed by atoms with Crippen LogP contribution >= 0.6 is 11.3 Å². The molecule has 2 aromatic rings. The van der Waals surface area contributed by atoms with Crippen molar-refractivity contribution >= 4 is 11.3 Å². The van der Waals surface area contributed by atoms with Crippen molar-refractivity contribution in [2.75, 3.05) is 13.2 Å². The van der Waals surface area contributed by atoms with Crippen LogP contribution in [-0.4, -0.2) is 28.5 Å². The van der Waals surface area contributed by atoms with Gasteiger partial charge in [-0.05, 0) is 11.4 Å². The van der Waals surface area contributed by atoms with E-state index in [1.54, 1.807) is 11.3 Å². The zero-order valence-corrected chi connectivity index (χ0v) is 9.05.